The van der Waals surface area contributed by atoms with Crippen molar-refractivity contribution >= 4 is 47.9 Å². The molecule has 0 unspecified atom stereocenters. The van der Waals surface area contributed by atoms with Crippen LogP contribution in [0.1, 0.15) is 36.3 Å². The lowest BCUT2D eigenvalue weighted by atomic mass is 9.97. The molecular formula is C23H23F2N7O5S3. The molecule has 12 nitrogen and oxygen atoms in total. The van der Waals surface area contributed by atoms with E-state index in [1.54, 1.807) is 13.1 Å². The number of sulfonamides is 2. The number of nitrogens with one attached hydrogen (secondary N) is 1. The molecule has 40 heavy (non-hydrogen) atoms. The summed E-state index contributed by atoms with van der Waals surface area (Å²) in [6.07, 6.45) is -0.00740. The molecule has 6 rings (SSSR count). The van der Waals surface area contributed by atoms with Gasteiger partial charge in [-0.3, -0.25) is 4.68 Å². The molecule has 1 saturated heterocycles. The second-order valence-corrected chi connectivity index (χ2v) is 14.8. The average molecular weight is 612 g/mol. The van der Waals surface area contributed by atoms with Crippen molar-refractivity contribution in [3.8, 4) is 16.8 Å². The summed E-state index contributed by atoms with van der Waals surface area (Å²) in [6, 6.07) is 4.87. The molecule has 2 fully saturated rings. The smallest absolute Gasteiger partial charge is 0.291 e. The fourth-order valence-corrected chi connectivity index (χ4v) is 8.48. The van der Waals surface area contributed by atoms with E-state index in [1.165, 1.54) is 21.1 Å². The number of alkyl halides is 2. The largest absolute Gasteiger partial charge is 0.378 e. The Morgan fingerprint density at radius 2 is 1.98 bits per heavy atom. The first-order valence-corrected chi connectivity index (χ1v) is 16.1. The van der Waals surface area contributed by atoms with Gasteiger partial charge in [0, 0.05) is 31.1 Å². The number of aromatic nitrogens is 4. The highest BCUT2D eigenvalue weighted by molar-refractivity contribution is 7.90. The van der Waals surface area contributed by atoms with Crippen molar-refractivity contribution < 1.29 is 30.4 Å². The van der Waals surface area contributed by atoms with Gasteiger partial charge in [0.2, 0.25) is 20.0 Å². The van der Waals surface area contributed by atoms with Crippen LogP contribution in [0.25, 0.3) is 27.2 Å². The van der Waals surface area contributed by atoms with E-state index < -0.39 is 42.3 Å². The topological polar surface area (TPSA) is 160 Å². The van der Waals surface area contributed by atoms with Gasteiger partial charge in [0.1, 0.15) is 16.5 Å². The number of hydrogen-bond donors (Lipinski definition) is 1. The van der Waals surface area contributed by atoms with E-state index in [-0.39, 0.29) is 41.9 Å². The minimum Gasteiger partial charge on any atom is -0.378 e. The molecule has 0 amide bonds. The van der Waals surface area contributed by atoms with Gasteiger partial charge in [-0.1, -0.05) is 17.4 Å². The highest BCUT2D eigenvalue weighted by Gasteiger charge is 2.47. The van der Waals surface area contributed by atoms with Crippen molar-refractivity contribution in [3.63, 3.8) is 0 Å². The Hall–Kier alpha value is -2.88. The van der Waals surface area contributed by atoms with Gasteiger partial charge in [0.25, 0.3) is 6.43 Å². The molecule has 0 radical (unpaired) electrons. The van der Waals surface area contributed by atoms with Crippen LogP contribution in [0.4, 0.5) is 8.78 Å². The predicted molar refractivity (Wildman–Crippen MR) is 140 cm³/mol. The Morgan fingerprint density at radius 1 is 1.23 bits per heavy atom. The first kappa shape index (κ1) is 27.3. The first-order chi connectivity index (χ1) is 18.9. The van der Waals surface area contributed by atoms with Gasteiger partial charge < -0.3 is 4.74 Å². The molecule has 1 aliphatic carbocycles. The van der Waals surface area contributed by atoms with Crippen molar-refractivity contribution in [2.75, 3.05) is 26.3 Å². The lowest BCUT2D eigenvalue weighted by Gasteiger charge is -2.33. The molecule has 0 bridgehead atoms. The van der Waals surface area contributed by atoms with E-state index in [2.05, 4.69) is 20.0 Å². The summed E-state index contributed by atoms with van der Waals surface area (Å²) in [7, 11) is -6.06. The maximum absolute atomic E-state index is 13.4. The Balaban J connectivity index is 1.47. The molecule has 3 aliphatic rings. The van der Waals surface area contributed by atoms with Gasteiger partial charge >= 0.3 is 0 Å². The Morgan fingerprint density at radius 3 is 2.52 bits per heavy atom. The van der Waals surface area contributed by atoms with E-state index in [0.29, 0.717) is 52.6 Å². The van der Waals surface area contributed by atoms with Gasteiger partial charge in [-0.25, -0.2) is 25.6 Å². The van der Waals surface area contributed by atoms with Crippen LogP contribution < -0.4 is 4.72 Å². The SMILES string of the molecule is Cn1nc(-c2nnc(C(F)F)s2)c2cc(S(=O)(=O)NC3(C#N)CC3)cc(C3=CCN(S(=O)(=O)C4COC4)CC3)c21. The number of fused-ring (bicyclic) bond motifs is 1. The third kappa shape index (κ3) is 4.62. The van der Waals surface area contributed by atoms with E-state index in [9.17, 15) is 30.9 Å². The number of aryl methyl sites for hydroxylation is 1. The molecule has 0 spiro atoms. The molecule has 212 valence electrons. The van der Waals surface area contributed by atoms with E-state index in [1.807, 2.05) is 6.07 Å². The van der Waals surface area contributed by atoms with Crippen LogP contribution in [-0.2, 0) is 31.8 Å². The summed E-state index contributed by atoms with van der Waals surface area (Å²) in [5.41, 5.74) is 0.760. The monoisotopic (exact) mass is 611 g/mol. The molecule has 2 aliphatic heterocycles. The second kappa shape index (κ2) is 9.60. The summed E-state index contributed by atoms with van der Waals surface area (Å²) >= 11 is 0.660. The summed E-state index contributed by atoms with van der Waals surface area (Å²) < 4.78 is 89.5. The highest BCUT2D eigenvalue weighted by Crippen LogP contribution is 2.40. The van der Waals surface area contributed by atoms with E-state index in [0.717, 1.165) is 0 Å². The maximum Gasteiger partial charge on any atom is 0.291 e. The second-order valence-electron chi connectivity index (χ2n) is 9.93. The van der Waals surface area contributed by atoms with Crippen molar-refractivity contribution in [2.45, 2.75) is 41.4 Å². The Labute approximate surface area is 232 Å². The molecule has 1 aromatic carbocycles. The summed E-state index contributed by atoms with van der Waals surface area (Å²) in [4.78, 5) is -0.132. The van der Waals surface area contributed by atoms with Gasteiger partial charge in [-0.2, -0.15) is 19.4 Å². The van der Waals surface area contributed by atoms with Crippen LogP contribution in [0.2, 0.25) is 0 Å². The van der Waals surface area contributed by atoms with Crippen LogP contribution in [-0.4, -0.2) is 78.2 Å². The van der Waals surface area contributed by atoms with Crippen LogP contribution in [0.3, 0.4) is 0 Å². The zero-order valence-corrected chi connectivity index (χ0v) is 23.5. The van der Waals surface area contributed by atoms with E-state index >= 15 is 0 Å². The third-order valence-electron chi connectivity index (χ3n) is 7.25. The van der Waals surface area contributed by atoms with Gasteiger partial charge in [0.15, 0.2) is 10.0 Å². The number of nitriles is 1. The Bertz CT molecular complexity index is 1800. The molecule has 2 aromatic heterocycles. The fourth-order valence-electron chi connectivity index (χ4n) is 4.77. The standard InChI is InChI=1S/C23H23F2N7O5S3/c1-31-19-16(13-2-6-32(7-3-13)40(35,36)15-10-37-11-15)8-14(39(33,34)30-23(12-26)4-5-23)9-17(19)18(29-31)21-27-28-22(38-21)20(24)25/h2,8-9,15,20,30H,3-7,10-11H2,1H3. The zero-order valence-electron chi connectivity index (χ0n) is 21.0. The first-order valence-electron chi connectivity index (χ1n) is 12.3. The molecule has 0 atom stereocenters. The quantitative estimate of drug-likeness (QED) is 0.403. The number of hydrogen-bond acceptors (Lipinski definition) is 10. The molecule has 1 saturated carbocycles. The minimum absolute atomic E-state index is 0.0985. The fraction of sp³-hybridized carbons (Fsp3) is 0.478. The summed E-state index contributed by atoms with van der Waals surface area (Å²) in [5, 5.41) is 20.7. The van der Waals surface area contributed by atoms with Crippen molar-refractivity contribution in [3.05, 3.63) is 28.8 Å². The average Bonchev–Trinajstić information content (AvgIpc) is 3.31. The van der Waals surface area contributed by atoms with Crippen molar-refractivity contribution in [1.82, 2.24) is 29.0 Å². The van der Waals surface area contributed by atoms with Crippen molar-refractivity contribution in [1.29, 1.82) is 5.26 Å². The molecule has 3 aromatic rings. The predicted octanol–water partition coefficient (Wildman–Crippen LogP) is 2.18. The maximum atomic E-state index is 13.4. The highest BCUT2D eigenvalue weighted by atomic mass is 32.2. The van der Waals surface area contributed by atoms with Crippen molar-refractivity contribution in [2.24, 2.45) is 7.05 Å². The van der Waals surface area contributed by atoms with Gasteiger partial charge in [-0.15, -0.1) is 10.2 Å². The normalized spacial score (nSPS) is 19.9. The lowest BCUT2D eigenvalue weighted by molar-refractivity contribution is 0.0393. The molecular weight excluding hydrogens is 588 g/mol. The molecule has 17 heteroatoms. The van der Waals surface area contributed by atoms with Crippen LogP contribution in [0.15, 0.2) is 23.1 Å². The van der Waals surface area contributed by atoms with Gasteiger partial charge in [0.05, 0.1) is 29.7 Å². The van der Waals surface area contributed by atoms with E-state index in [4.69, 9.17) is 4.74 Å². The molecule has 4 heterocycles. The third-order valence-corrected chi connectivity index (χ3v) is 11.9. The number of halogens is 2. The van der Waals surface area contributed by atoms with Gasteiger partial charge in [-0.05, 0) is 37.0 Å². The number of nitrogens with zero attached hydrogens (tertiary/aromatic N) is 6. The summed E-state index contributed by atoms with van der Waals surface area (Å²) in [6.45, 7) is 0.604. The number of ether oxygens (including phenoxy) is 1. The number of rotatable bonds is 8. The summed E-state index contributed by atoms with van der Waals surface area (Å²) in [5.74, 6) is 0. The number of benzene rings is 1. The molecule has 1 N–H and O–H groups in total. The van der Waals surface area contributed by atoms with Crippen LogP contribution in [0.5, 0.6) is 0 Å². The van der Waals surface area contributed by atoms with Crippen LogP contribution in [0, 0.1) is 11.3 Å². The zero-order chi connectivity index (χ0) is 28.4. The minimum atomic E-state index is -4.17. The Kier molecular flexibility index (Phi) is 6.55. The van der Waals surface area contributed by atoms with Crippen LogP contribution >= 0.6 is 11.3 Å². The lowest BCUT2D eigenvalue weighted by Crippen LogP contribution is -2.49.